The SMILES string of the molecule is C=C1CCC2C(C)(COC(=O)CCC(=O)O)C(OC(=O)CCC(=O)[O-])CCC2(C)C1/C=C/C1=CCOC1=O.[K+]. The number of ether oxygens (including phenoxy) is 3. The standard InChI is InChI=1S/C28H36O10.K/c1-17-4-7-20-27(2,19(17)6-5-18-13-15-36-26(18)35)14-12-21(38-25(34)11-9-23(31)32)28(20,3)16-37-24(33)10-8-22(29)30;/h5-6,13,19-21H,1,4,7-12,14-16H2,2-3H3,(H,29,30)(H,31,32);/q;+1/p-1/b6-5+;. The number of fused-ring (bicyclic) bond motifs is 1. The van der Waals surface area contributed by atoms with Crippen LogP contribution in [-0.2, 0) is 38.2 Å². The predicted octanol–water partition coefficient (Wildman–Crippen LogP) is -0.731. The molecule has 3 rings (SSSR count). The minimum atomic E-state index is -1.35. The summed E-state index contributed by atoms with van der Waals surface area (Å²) in [7, 11) is 0. The van der Waals surface area contributed by atoms with E-state index in [4.69, 9.17) is 19.3 Å². The van der Waals surface area contributed by atoms with Crippen LogP contribution in [0.15, 0.2) is 36.0 Å². The van der Waals surface area contributed by atoms with Gasteiger partial charge in [0, 0.05) is 17.3 Å². The van der Waals surface area contributed by atoms with Crippen molar-refractivity contribution in [2.45, 2.75) is 71.3 Å². The molecule has 0 aromatic heterocycles. The summed E-state index contributed by atoms with van der Waals surface area (Å²) in [5.41, 5.74) is 0.290. The largest absolute Gasteiger partial charge is 1.00 e. The third-order valence-electron chi connectivity index (χ3n) is 8.29. The van der Waals surface area contributed by atoms with Crippen LogP contribution in [0.5, 0.6) is 0 Å². The van der Waals surface area contributed by atoms with Crippen LogP contribution in [-0.4, -0.2) is 54.3 Å². The van der Waals surface area contributed by atoms with E-state index in [-0.39, 0.29) is 107 Å². The maximum absolute atomic E-state index is 12.5. The number of esters is 3. The van der Waals surface area contributed by atoms with Gasteiger partial charge < -0.3 is 29.2 Å². The van der Waals surface area contributed by atoms with Gasteiger partial charge in [0.25, 0.3) is 0 Å². The fraction of sp³-hybridized carbons (Fsp3) is 0.607. The molecule has 0 saturated heterocycles. The minimum absolute atomic E-state index is 0. The van der Waals surface area contributed by atoms with E-state index >= 15 is 0 Å². The van der Waals surface area contributed by atoms with E-state index in [1.54, 1.807) is 12.2 Å². The summed E-state index contributed by atoms with van der Waals surface area (Å²) in [6.45, 7) is 8.45. The molecule has 1 N–H and O–H groups in total. The van der Waals surface area contributed by atoms with Gasteiger partial charge in [-0.05, 0) is 49.5 Å². The van der Waals surface area contributed by atoms with Crippen LogP contribution in [0.3, 0.4) is 0 Å². The number of carboxylic acids is 2. The summed E-state index contributed by atoms with van der Waals surface area (Å²) in [5, 5.41) is 19.7. The zero-order valence-electron chi connectivity index (χ0n) is 22.9. The van der Waals surface area contributed by atoms with Gasteiger partial charge in [-0.15, -0.1) is 0 Å². The summed E-state index contributed by atoms with van der Waals surface area (Å²) in [4.78, 5) is 58.5. The Kier molecular flexibility index (Phi) is 12.2. The quantitative estimate of drug-likeness (QED) is 0.145. The number of carbonyl (C=O) groups is 5. The van der Waals surface area contributed by atoms with Crippen molar-refractivity contribution < 1.29 is 99.8 Å². The van der Waals surface area contributed by atoms with Crippen molar-refractivity contribution in [2.24, 2.45) is 22.7 Å². The summed E-state index contributed by atoms with van der Waals surface area (Å²) in [6, 6.07) is 0. The fourth-order valence-electron chi connectivity index (χ4n) is 6.30. The molecule has 1 aliphatic heterocycles. The Morgan fingerprint density at radius 2 is 1.85 bits per heavy atom. The van der Waals surface area contributed by atoms with Gasteiger partial charge in [-0.3, -0.25) is 14.4 Å². The van der Waals surface area contributed by atoms with Crippen LogP contribution in [0.25, 0.3) is 0 Å². The number of rotatable bonds is 11. The molecule has 208 valence electrons. The maximum Gasteiger partial charge on any atom is 1.00 e. The van der Waals surface area contributed by atoms with Crippen LogP contribution in [0, 0.1) is 22.7 Å². The molecule has 10 nitrogen and oxygen atoms in total. The van der Waals surface area contributed by atoms with Gasteiger partial charge in [0.05, 0.1) is 24.8 Å². The van der Waals surface area contributed by atoms with Crippen LogP contribution >= 0.6 is 0 Å². The van der Waals surface area contributed by atoms with Crippen molar-refractivity contribution in [2.75, 3.05) is 13.2 Å². The molecule has 39 heavy (non-hydrogen) atoms. The molecule has 5 unspecified atom stereocenters. The maximum atomic E-state index is 12.5. The zero-order valence-corrected chi connectivity index (χ0v) is 26.0. The van der Waals surface area contributed by atoms with Crippen molar-refractivity contribution in [1.82, 2.24) is 0 Å². The molecule has 5 atom stereocenters. The van der Waals surface area contributed by atoms with Crippen LogP contribution < -0.4 is 56.5 Å². The van der Waals surface area contributed by atoms with Crippen molar-refractivity contribution in [3.05, 3.63) is 36.0 Å². The summed E-state index contributed by atoms with van der Waals surface area (Å²) < 4.78 is 16.3. The van der Waals surface area contributed by atoms with E-state index in [1.807, 2.05) is 13.0 Å². The molecular weight excluding hydrogens is 535 g/mol. The third kappa shape index (κ3) is 8.13. The van der Waals surface area contributed by atoms with Crippen molar-refractivity contribution >= 4 is 29.8 Å². The van der Waals surface area contributed by atoms with Crippen molar-refractivity contribution in [3.8, 4) is 0 Å². The fourth-order valence-corrected chi connectivity index (χ4v) is 6.30. The van der Waals surface area contributed by atoms with Gasteiger partial charge in [-0.1, -0.05) is 38.2 Å². The van der Waals surface area contributed by atoms with E-state index in [0.717, 1.165) is 5.57 Å². The van der Waals surface area contributed by atoms with Crippen LogP contribution in [0.1, 0.15) is 65.2 Å². The van der Waals surface area contributed by atoms with Gasteiger partial charge >= 0.3 is 75.3 Å². The molecule has 2 fully saturated rings. The van der Waals surface area contributed by atoms with Gasteiger partial charge in [0.2, 0.25) is 0 Å². The minimum Gasteiger partial charge on any atom is -0.550 e. The third-order valence-corrected chi connectivity index (χ3v) is 8.29. The van der Waals surface area contributed by atoms with Gasteiger partial charge in [-0.25, -0.2) is 4.79 Å². The molecular formula is C28H35KO10. The molecule has 11 heteroatoms. The molecule has 2 aliphatic carbocycles. The summed E-state index contributed by atoms with van der Waals surface area (Å²) in [5.74, 6) is -4.38. The molecule has 1 heterocycles. The average Bonchev–Trinajstić information content (AvgIpc) is 3.26. The van der Waals surface area contributed by atoms with E-state index < -0.39 is 41.8 Å². The second kappa shape index (κ2) is 14.2. The number of hydrogen-bond acceptors (Lipinski definition) is 9. The normalized spacial score (nSPS) is 30.0. The van der Waals surface area contributed by atoms with Crippen molar-refractivity contribution in [3.63, 3.8) is 0 Å². The Morgan fingerprint density at radius 3 is 2.46 bits per heavy atom. The Labute approximate surface area is 270 Å². The Morgan fingerprint density at radius 1 is 1.15 bits per heavy atom. The molecule has 0 aromatic carbocycles. The van der Waals surface area contributed by atoms with E-state index in [2.05, 4.69) is 13.5 Å². The predicted molar refractivity (Wildman–Crippen MR) is 131 cm³/mol. The zero-order chi connectivity index (χ0) is 28.1. The molecule has 0 spiro atoms. The van der Waals surface area contributed by atoms with Crippen LogP contribution in [0.4, 0.5) is 0 Å². The molecule has 0 radical (unpaired) electrons. The Bertz CT molecular complexity index is 1060. The first kappa shape index (κ1) is 33.4. The van der Waals surface area contributed by atoms with Gasteiger partial charge in [0.15, 0.2) is 0 Å². The topological polar surface area (TPSA) is 156 Å². The Hall–Kier alpha value is -1.79. The number of cyclic esters (lactones) is 1. The summed E-state index contributed by atoms with van der Waals surface area (Å²) >= 11 is 0. The molecule has 0 amide bonds. The number of aliphatic carboxylic acids is 2. The van der Waals surface area contributed by atoms with Crippen LogP contribution in [0.2, 0.25) is 0 Å². The van der Waals surface area contributed by atoms with E-state index in [0.29, 0.717) is 31.3 Å². The first-order valence-corrected chi connectivity index (χ1v) is 12.9. The van der Waals surface area contributed by atoms with Gasteiger partial charge in [-0.2, -0.15) is 0 Å². The average molecular weight is 571 g/mol. The number of carbonyl (C=O) groups excluding carboxylic acids is 4. The number of allylic oxidation sites excluding steroid dienone is 2. The van der Waals surface area contributed by atoms with E-state index in [1.165, 1.54) is 0 Å². The molecule has 0 aromatic rings. The second-order valence-electron chi connectivity index (χ2n) is 10.8. The molecule has 3 aliphatic rings. The summed E-state index contributed by atoms with van der Waals surface area (Å²) in [6.07, 6.45) is 5.83. The number of carboxylic acid groups (broad SMARTS) is 2. The molecule has 0 bridgehead atoms. The molecule has 2 saturated carbocycles. The number of hydrogen-bond donors (Lipinski definition) is 1. The van der Waals surface area contributed by atoms with E-state index in [9.17, 15) is 29.1 Å². The first-order valence-electron chi connectivity index (χ1n) is 12.9. The Balaban J connectivity index is 0.00000533. The smallest absolute Gasteiger partial charge is 0.550 e. The first-order chi connectivity index (χ1) is 17.9. The van der Waals surface area contributed by atoms with Gasteiger partial charge in [0.1, 0.15) is 19.3 Å². The monoisotopic (exact) mass is 570 g/mol. The second-order valence-corrected chi connectivity index (χ2v) is 10.8. The van der Waals surface area contributed by atoms with Crippen molar-refractivity contribution in [1.29, 1.82) is 0 Å².